The highest BCUT2D eigenvalue weighted by molar-refractivity contribution is 6.34. The van der Waals surface area contributed by atoms with E-state index in [9.17, 15) is 0 Å². The van der Waals surface area contributed by atoms with E-state index < -0.39 is 0 Å². The number of nitrogen functional groups attached to an aromatic ring is 1. The molecular formula is C11H10Cl3N3. The summed E-state index contributed by atoms with van der Waals surface area (Å²) in [5.41, 5.74) is 7.38. The Morgan fingerprint density at radius 3 is 2.59 bits per heavy atom. The molecule has 0 spiro atoms. The first-order chi connectivity index (χ1) is 7.99. The number of aryl methyl sites for hydroxylation is 1. The number of rotatable bonds is 2. The van der Waals surface area contributed by atoms with Crippen molar-refractivity contribution in [2.24, 2.45) is 0 Å². The summed E-state index contributed by atoms with van der Waals surface area (Å²) >= 11 is 18.0. The smallest absolute Gasteiger partial charge is 0.141 e. The molecule has 2 aromatic rings. The van der Waals surface area contributed by atoms with Gasteiger partial charge in [0.2, 0.25) is 0 Å². The van der Waals surface area contributed by atoms with Crippen LogP contribution in [0.25, 0.3) is 0 Å². The first kappa shape index (κ1) is 12.6. The van der Waals surface area contributed by atoms with Gasteiger partial charge in [0.05, 0.1) is 12.2 Å². The molecule has 1 aromatic heterocycles. The molecule has 2 N–H and O–H groups in total. The van der Waals surface area contributed by atoms with Gasteiger partial charge >= 0.3 is 0 Å². The molecule has 17 heavy (non-hydrogen) atoms. The van der Waals surface area contributed by atoms with E-state index >= 15 is 0 Å². The molecule has 3 nitrogen and oxygen atoms in total. The quantitative estimate of drug-likeness (QED) is 0.914. The summed E-state index contributed by atoms with van der Waals surface area (Å²) in [4.78, 5) is 0. The summed E-state index contributed by atoms with van der Waals surface area (Å²) in [5.74, 6) is 0.431. The van der Waals surface area contributed by atoms with Gasteiger partial charge in [-0.2, -0.15) is 5.10 Å². The summed E-state index contributed by atoms with van der Waals surface area (Å²) in [6, 6.07) is 5.26. The molecule has 0 aliphatic heterocycles. The van der Waals surface area contributed by atoms with Crippen LogP contribution >= 0.6 is 34.8 Å². The number of halogens is 3. The topological polar surface area (TPSA) is 43.8 Å². The Balaban J connectivity index is 2.37. The van der Waals surface area contributed by atoms with Gasteiger partial charge < -0.3 is 5.73 Å². The molecule has 1 aromatic carbocycles. The van der Waals surface area contributed by atoms with Crippen LogP contribution in [0.1, 0.15) is 11.3 Å². The van der Waals surface area contributed by atoms with E-state index in [0.717, 1.165) is 5.56 Å². The number of aromatic nitrogens is 2. The van der Waals surface area contributed by atoms with Gasteiger partial charge in [-0.15, -0.1) is 0 Å². The fourth-order valence-electron chi connectivity index (χ4n) is 1.52. The summed E-state index contributed by atoms with van der Waals surface area (Å²) in [7, 11) is 0. The van der Waals surface area contributed by atoms with Gasteiger partial charge in [-0.05, 0) is 30.7 Å². The fourth-order valence-corrected chi connectivity index (χ4v) is 2.03. The lowest BCUT2D eigenvalue weighted by Crippen LogP contribution is -2.06. The molecule has 6 heteroatoms. The van der Waals surface area contributed by atoms with Crippen LogP contribution < -0.4 is 5.73 Å². The van der Waals surface area contributed by atoms with Crippen molar-refractivity contribution >= 4 is 40.6 Å². The summed E-state index contributed by atoms with van der Waals surface area (Å²) in [6.07, 6.45) is 0. The van der Waals surface area contributed by atoms with Crippen LogP contribution in [0.5, 0.6) is 0 Å². The van der Waals surface area contributed by atoms with Crippen LogP contribution in [0.2, 0.25) is 15.1 Å². The van der Waals surface area contributed by atoms with E-state index in [-0.39, 0.29) is 0 Å². The SMILES string of the molecule is Cc1nn(Cc2cc(Cl)ccc2Cl)c(N)c1Cl. The third-order valence-electron chi connectivity index (χ3n) is 2.42. The van der Waals surface area contributed by atoms with E-state index in [1.165, 1.54) is 0 Å². The number of nitrogens with zero attached hydrogens (tertiary/aromatic N) is 2. The molecule has 0 radical (unpaired) electrons. The molecule has 0 unspecified atom stereocenters. The Hall–Kier alpha value is -0.900. The first-order valence-corrected chi connectivity index (χ1v) is 6.04. The Labute approximate surface area is 114 Å². The lowest BCUT2D eigenvalue weighted by Gasteiger charge is -2.07. The standard InChI is InChI=1S/C11H10Cl3N3/c1-6-10(14)11(15)17(16-6)5-7-4-8(12)2-3-9(7)13/h2-4H,5,15H2,1H3. The minimum atomic E-state index is 0.431. The van der Waals surface area contributed by atoms with Gasteiger partial charge in [0, 0.05) is 10.0 Å². The van der Waals surface area contributed by atoms with Crippen molar-refractivity contribution in [3.8, 4) is 0 Å². The van der Waals surface area contributed by atoms with Gasteiger partial charge in [-0.1, -0.05) is 34.8 Å². The highest BCUT2D eigenvalue weighted by atomic mass is 35.5. The third kappa shape index (κ3) is 2.51. The fraction of sp³-hybridized carbons (Fsp3) is 0.182. The van der Waals surface area contributed by atoms with E-state index in [2.05, 4.69) is 5.10 Å². The zero-order valence-electron chi connectivity index (χ0n) is 9.04. The Bertz CT molecular complexity index is 563. The number of anilines is 1. The lowest BCUT2D eigenvalue weighted by atomic mass is 10.2. The Kier molecular flexibility index (Phi) is 3.52. The molecule has 0 aliphatic carbocycles. The number of hydrogen-bond donors (Lipinski definition) is 1. The monoisotopic (exact) mass is 289 g/mol. The van der Waals surface area contributed by atoms with E-state index in [4.69, 9.17) is 40.5 Å². The normalized spacial score (nSPS) is 10.8. The number of hydrogen-bond acceptors (Lipinski definition) is 2. The van der Waals surface area contributed by atoms with Crippen molar-refractivity contribution in [3.63, 3.8) is 0 Å². The minimum absolute atomic E-state index is 0.431. The molecule has 2 rings (SSSR count). The maximum Gasteiger partial charge on any atom is 0.141 e. The predicted molar refractivity (Wildman–Crippen MR) is 72.0 cm³/mol. The predicted octanol–water partition coefficient (Wildman–Crippen LogP) is 3.78. The molecule has 0 aliphatic rings. The first-order valence-electron chi connectivity index (χ1n) is 4.91. The van der Waals surface area contributed by atoms with E-state index in [1.807, 2.05) is 0 Å². The van der Waals surface area contributed by atoms with Gasteiger partial charge in [0.1, 0.15) is 10.8 Å². The second-order valence-electron chi connectivity index (χ2n) is 3.68. The van der Waals surface area contributed by atoms with Crippen molar-refractivity contribution < 1.29 is 0 Å². The molecule has 0 fully saturated rings. The van der Waals surface area contributed by atoms with Crippen molar-refractivity contribution in [2.75, 3.05) is 5.73 Å². The van der Waals surface area contributed by atoms with Crippen LogP contribution in [-0.4, -0.2) is 9.78 Å². The molecular weight excluding hydrogens is 281 g/mol. The third-order valence-corrected chi connectivity index (χ3v) is 3.49. The second kappa shape index (κ2) is 4.77. The highest BCUT2D eigenvalue weighted by Crippen LogP contribution is 2.26. The van der Waals surface area contributed by atoms with Gasteiger partial charge in [-0.3, -0.25) is 0 Å². The molecule has 90 valence electrons. The van der Waals surface area contributed by atoms with Crippen LogP contribution in [0.3, 0.4) is 0 Å². The summed E-state index contributed by atoms with van der Waals surface area (Å²) in [6.45, 7) is 2.24. The van der Waals surface area contributed by atoms with E-state index in [0.29, 0.717) is 33.1 Å². The molecule has 0 atom stereocenters. The summed E-state index contributed by atoms with van der Waals surface area (Å²) < 4.78 is 1.61. The van der Waals surface area contributed by atoms with Gasteiger partial charge in [0.15, 0.2) is 0 Å². The zero-order chi connectivity index (χ0) is 12.6. The van der Waals surface area contributed by atoms with E-state index in [1.54, 1.807) is 29.8 Å². The van der Waals surface area contributed by atoms with Crippen molar-refractivity contribution in [1.29, 1.82) is 0 Å². The average molecular weight is 291 g/mol. The van der Waals surface area contributed by atoms with Gasteiger partial charge in [0.25, 0.3) is 0 Å². The largest absolute Gasteiger partial charge is 0.383 e. The Morgan fingerprint density at radius 1 is 1.29 bits per heavy atom. The van der Waals surface area contributed by atoms with Crippen molar-refractivity contribution in [1.82, 2.24) is 9.78 Å². The summed E-state index contributed by atoms with van der Waals surface area (Å²) in [5, 5.41) is 5.96. The number of nitrogens with two attached hydrogens (primary N) is 1. The molecule has 1 heterocycles. The molecule has 0 saturated carbocycles. The van der Waals surface area contributed by atoms with Crippen molar-refractivity contribution in [3.05, 3.63) is 44.5 Å². The highest BCUT2D eigenvalue weighted by Gasteiger charge is 2.11. The molecule has 0 saturated heterocycles. The number of benzene rings is 1. The second-order valence-corrected chi connectivity index (χ2v) is 4.90. The maximum atomic E-state index is 6.07. The lowest BCUT2D eigenvalue weighted by molar-refractivity contribution is 0.689. The van der Waals surface area contributed by atoms with Crippen LogP contribution in [-0.2, 0) is 6.54 Å². The van der Waals surface area contributed by atoms with Crippen LogP contribution in [0.4, 0.5) is 5.82 Å². The van der Waals surface area contributed by atoms with Crippen LogP contribution in [0.15, 0.2) is 18.2 Å². The minimum Gasteiger partial charge on any atom is -0.383 e. The Morgan fingerprint density at radius 2 is 2.00 bits per heavy atom. The molecule has 0 amide bonds. The van der Waals surface area contributed by atoms with Crippen LogP contribution in [0, 0.1) is 6.92 Å². The average Bonchev–Trinajstić information content (AvgIpc) is 2.52. The van der Waals surface area contributed by atoms with Gasteiger partial charge in [-0.25, -0.2) is 4.68 Å². The maximum absolute atomic E-state index is 6.07. The zero-order valence-corrected chi connectivity index (χ0v) is 11.3. The van der Waals surface area contributed by atoms with Crippen molar-refractivity contribution in [2.45, 2.75) is 13.5 Å². The molecule has 0 bridgehead atoms.